The van der Waals surface area contributed by atoms with Crippen molar-refractivity contribution < 1.29 is 19.7 Å². The molecular formula is C13H18N2O5. The van der Waals surface area contributed by atoms with Gasteiger partial charge in [0, 0.05) is 18.7 Å². The van der Waals surface area contributed by atoms with Crippen LogP contribution in [0.2, 0.25) is 0 Å². The number of aliphatic hydroxyl groups excluding tert-OH is 2. The smallest absolute Gasteiger partial charge is 0.352 e. The third kappa shape index (κ3) is 3.24. The van der Waals surface area contributed by atoms with E-state index in [0.717, 1.165) is 0 Å². The molecule has 3 atom stereocenters. The van der Waals surface area contributed by atoms with Gasteiger partial charge in [-0.05, 0) is 6.42 Å². The SMILES string of the molecule is C=CCCOc1ccn(C2CC(O)C(CO)O2)c(=O)n1. The summed E-state index contributed by atoms with van der Waals surface area (Å²) in [6, 6.07) is 1.56. The number of aliphatic hydroxyl groups is 2. The van der Waals surface area contributed by atoms with Crippen molar-refractivity contribution >= 4 is 0 Å². The molecule has 3 unspecified atom stereocenters. The standard InChI is InChI=1S/C13H18N2O5/c1-2-3-6-19-11-4-5-15(13(18)14-11)12-7-9(17)10(8-16)20-12/h2,4-5,9-10,12,16-17H,1,3,6-8H2. The molecule has 0 radical (unpaired) electrons. The minimum atomic E-state index is -0.791. The van der Waals surface area contributed by atoms with Gasteiger partial charge in [0.15, 0.2) is 0 Å². The molecular weight excluding hydrogens is 264 g/mol. The van der Waals surface area contributed by atoms with Crippen LogP contribution in [0.3, 0.4) is 0 Å². The van der Waals surface area contributed by atoms with Crippen LogP contribution < -0.4 is 10.4 Å². The predicted octanol–water partition coefficient (Wildman–Crippen LogP) is -0.161. The summed E-state index contributed by atoms with van der Waals surface area (Å²) in [5.74, 6) is 0.241. The first kappa shape index (κ1) is 14.7. The molecule has 2 N–H and O–H groups in total. The Morgan fingerprint density at radius 1 is 1.65 bits per heavy atom. The Balaban J connectivity index is 2.06. The summed E-state index contributed by atoms with van der Waals surface area (Å²) in [7, 11) is 0. The first-order valence-electron chi connectivity index (χ1n) is 6.43. The van der Waals surface area contributed by atoms with Gasteiger partial charge >= 0.3 is 5.69 Å². The normalized spacial score (nSPS) is 25.6. The maximum Gasteiger partial charge on any atom is 0.352 e. The van der Waals surface area contributed by atoms with E-state index in [4.69, 9.17) is 14.6 Å². The van der Waals surface area contributed by atoms with Crippen molar-refractivity contribution in [1.29, 1.82) is 0 Å². The van der Waals surface area contributed by atoms with Crippen LogP contribution >= 0.6 is 0 Å². The Hall–Kier alpha value is -1.70. The second kappa shape index (κ2) is 6.65. The van der Waals surface area contributed by atoms with Crippen molar-refractivity contribution in [2.75, 3.05) is 13.2 Å². The zero-order valence-corrected chi connectivity index (χ0v) is 11.0. The Kier molecular flexibility index (Phi) is 4.89. The third-order valence-corrected chi connectivity index (χ3v) is 3.07. The monoisotopic (exact) mass is 282 g/mol. The number of aromatic nitrogens is 2. The third-order valence-electron chi connectivity index (χ3n) is 3.07. The van der Waals surface area contributed by atoms with Crippen LogP contribution in [0.25, 0.3) is 0 Å². The van der Waals surface area contributed by atoms with Gasteiger partial charge in [0.2, 0.25) is 5.88 Å². The molecule has 1 aromatic heterocycles. The quantitative estimate of drug-likeness (QED) is 0.556. The van der Waals surface area contributed by atoms with Gasteiger partial charge < -0.3 is 19.7 Å². The molecule has 2 heterocycles. The summed E-state index contributed by atoms with van der Waals surface area (Å²) in [5, 5.41) is 18.7. The van der Waals surface area contributed by atoms with Crippen molar-refractivity contribution in [2.45, 2.75) is 31.3 Å². The number of hydrogen-bond donors (Lipinski definition) is 2. The molecule has 1 saturated heterocycles. The maximum absolute atomic E-state index is 11.9. The lowest BCUT2D eigenvalue weighted by Gasteiger charge is -2.14. The molecule has 2 rings (SSSR count). The minimum Gasteiger partial charge on any atom is -0.477 e. The fourth-order valence-corrected chi connectivity index (χ4v) is 1.99. The Morgan fingerprint density at radius 2 is 2.45 bits per heavy atom. The number of rotatable bonds is 6. The van der Waals surface area contributed by atoms with E-state index in [0.29, 0.717) is 13.0 Å². The van der Waals surface area contributed by atoms with Crippen molar-refractivity contribution in [1.82, 2.24) is 9.55 Å². The molecule has 0 bridgehead atoms. The van der Waals surface area contributed by atoms with Gasteiger partial charge in [-0.3, -0.25) is 4.57 Å². The van der Waals surface area contributed by atoms with Gasteiger partial charge in [0.25, 0.3) is 0 Å². The summed E-state index contributed by atoms with van der Waals surface area (Å²) in [5.41, 5.74) is -0.517. The number of ether oxygens (including phenoxy) is 2. The van der Waals surface area contributed by atoms with Crippen molar-refractivity contribution in [3.05, 3.63) is 35.4 Å². The summed E-state index contributed by atoms with van der Waals surface area (Å²) in [6.07, 6.45) is 2.05. The largest absolute Gasteiger partial charge is 0.477 e. The van der Waals surface area contributed by atoms with Crippen molar-refractivity contribution in [3.63, 3.8) is 0 Å². The van der Waals surface area contributed by atoms with E-state index < -0.39 is 24.1 Å². The molecule has 7 heteroatoms. The Morgan fingerprint density at radius 3 is 3.05 bits per heavy atom. The van der Waals surface area contributed by atoms with Crippen LogP contribution in [-0.2, 0) is 4.74 Å². The van der Waals surface area contributed by atoms with Gasteiger partial charge in [-0.25, -0.2) is 4.79 Å². The lowest BCUT2D eigenvalue weighted by atomic mass is 10.2. The van der Waals surface area contributed by atoms with Crippen LogP contribution in [0.15, 0.2) is 29.7 Å². The summed E-state index contributed by atoms with van der Waals surface area (Å²) >= 11 is 0. The predicted molar refractivity (Wildman–Crippen MR) is 70.4 cm³/mol. The molecule has 7 nitrogen and oxygen atoms in total. The van der Waals surface area contributed by atoms with E-state index in [1.54, 1.807) is 12.1 Å². The summed E-state index contributed by atoms with van der Waals surface area (Å²) in [4.78, 5) is 15.7. The van der Waals surface area contributed by atoms with Gasteiger partial charge in [0.1, 0.15) is 12.3 Å². The fourth-order valence-electron chi connectivity index (χ4n) is 1.99. The lowest BCUT2D eigenvalue weighted by molar-refractivity contribution is -0.0459. The topological polar surface area (TPSA) is 93.8 Å². The zero-order chi connectivity index (χ0) is 14.5. The second-order valence-corrected chi connectivity index (χ2v) is 4.50. The zero-order valence-electron chi connectivity index (χ0n) is 11.0. The van der Waals surface area contributed by atoms with Crippen molar-refractivity contribution in [3.8, 4) is 5.88 Å². The molecule has 1 fully saturated rings. The first-order valence-corrected chi connectivity index (χ1v) is 6.43. The number of nitrogens with zero attached hydrogens (tertiary/aromatic N) is 2. The number of hydrogen-bond acceptors (Lipinski definition) is 6. The average molecular weight is 282 g/mol. The van der Waals surface area contributed by atoms with E-state index in [1.807, 2.05) is 0 Å². The van der Waals surface area contributed by atoms with Crippen LogP contribution in [0.1, 0.15) is 19.1 Å². The van der Waals surface area contributed by atoms with Crippen LogP contribution in [0, 0.1) is 0 Å². The maximum atomic E-state index is 11.9. The highest BCUT2D eigenvalue weighted by atomic mass is 16.5. The molecule has 0 aliphatic carbocycles. The second-order valence-electron chi connectivity index (χ2n) is 4.50. The van der Waals surface area contributed by atoms with E-state index in [9.17, 15) is 9.90 Å². The molecule has 110 valence electrons. The van der Waals surface area contributed by atoms with Crippen LogP contribution in [-0.4, -0.2) is 45.2 Å². The minimum absolute atomic E-state index is 0.240. The Labute approximate surface area is 116 Å². The van der Waals surface area contributed by atoms with E-state index in [-0.39, 0.29) is 18.9 Å². The van der Waals surface area contributed by atoms with Crippen LogP contribution in [0.5, 0.6) is 5.88 Å². The highest BCUT2D eigenvalue weighted by Gasteiger charge is 2.34. The van der Waals surface area contributed by atoms with Gasteiger partial charge in [-0.1, -0.05) is 6.08 Å². The highest BCUT2D eigenvalue weighted by Crippen LogP contribution is 2.27. The molecule has 20 heavy (non-hydrogen) atoms. The molecule has 0 saturated carbocycles. The van der Waals surface area contributed by atoms with E-state index in [1.165, 1.54) is 10.8 Å². The molecule has 1 aliphatic heterocycles. The molecule has 1 aromatic rings. The molecule has 0 aromatic carbocycles. The van der Waals surface area contributed by atoms with Crippen LogP contribution in [0.4, 0.5) is 0 Å². The van der Waals surface area contributed by atoms with Gasteiger partial charge in [-0.15, -0.1) is 6.58 Å². The summed E-state index contributed by atoms with van der Waals surface area (Å²) < 4.78 is 12.0. The van der Waals surface area contributed by atoms with Crippen molar-refractivity contribution in [2.24, 2.45) is 0 Å². The van der Waals surface area contributed by atoms with E-state index >= 15 is 0 Å². The highest BCUT2D eigenvalue weighted by molar-refractivity contribution is 5.06. The molecule has 0 spiro atoms. The fraction of sp³-hybridized carbons (Fsp3) is 0.538. The Bertz CT molecular complexity index is 516. The first-order chi connectivity index (χ1) is 9.65. The summed E-state index contributed by atoms with van der Waals surface area (Å²) in [6.45, 7) is 3.69. The molecule has 1 aliphatic rings. The van der Waals surface area contributed by atoms with Gasteiger partial charge in [-0.2, -0.15) is 4.98 Å². The van der Waals surface area contributed by atoms with Gasteiger partial charge in [0.05, 0.1) is 19.3 Å². The lowest BCUT2D eigenvalue weighted by Crippen LogP contribution is -2.27. The van der Waals surface area contributed by atoms with E-state index in [2.05, 4.69) is 11.6 Å². The molecule has 0 amide bonds. The average Bonchev–Trinajstić information content (AvgIpc) is 2.80.